The maximum Gasteiger partial charge on any atom is 0.319 e. The highest BCUT2D eigenvalue weighted by atomic mass is 16.2. The van der Waals surface area contributed by atoms with Crippen molar-refractivity contribution in [2.24, 2.45) is 0 Å². The molecule has 0 aromatic carbocycles. The molecule has 13 heavy (non-hydrogen) atoms. The molecule has 1 aromatic heterocycles. The lowest BCUT2D eigenvalue weighted by Gasteiger charge is -2.04. The first-order valence-electron chi connectivity index (χ1n) is 4.28. The zero-order valence-corrected chi connectivity index (χ0v) is 7.58. The highest BCUT2D eigenvalue weighted by Crippen LogP contribution is 2.01. The second-order valence-corrected chi connectivity index (χ2v) is 2.62. The van der Waals surface area contributed by atoms with Crippen molar-refractivity contribution in [2.75, 3.05) is 11.9 Å². The minimum absolute atomic E-state index is 0.185. The molecule has 0 aliphatic rings. The predicted molar refractivity (Wildman–Crippen MR) is 51.5 cm³/mol. The van der Waals surface area contributed by atoms with Crippen LogP contribution in [0.4, 0.5) is 10.5 Å². The third-order valence-electron chi connectivity index (χ3n) is 1.45. The molecule has 0 bridgehead atoms. The first-order chi connectivity index (χ1) is 6.33. The molecule has 2 N–H and O–H groups in total. The Hall–Kier alpha value is -1.58. The lowest BCUT2D eigenvalue weighted by Crippen LogP contribution is -2.29. The minimum Gasteiger partial charge on any atom is -0.338 e. The maximum atomic E-state index is 11.1. The van der Waals surface area contributed by atoms with Crippen LogP contribution in [-0.4, -0.2) is 17.6 Å². The topological polar surface area (TPSA) is 54.0 Å². The van der Waals surface area contributed by atoms with Crippen LogP contribution in [-0.2, 0) is 0 Å². The summed E-state index contributed by atoms with van der Waals surface area (Å²) in [5.74, 6) is 0. The summed E-state index contributed by atoms with van der Waals surface area (Å²) in [6.45, 7) is 2.69. The van der Waals surface area contributed by atoms with Gasteiger partial charge in [-0.3, -0.25) is 4.98 Å². The summed E-state index contributed by atoms with van der Waals surface area (Å²) in [5, 5.41) is 5.37. The molecule has 0 radical (unpaired) electrons. The summed E-state index contributed by atoms with van der Waals surface area (Å²) in [6, 6.07) is 3.38. The van der Waals surface area contributed by atoms with Gasteiger partial charge in [0.1, 0.15) is 0 Å². The smallest absolute Gasteiger partial charge is 0.319 e. The van der Waals surface area contributed by atoms with Gasteiger partial charge in [0.05, 0.1) is 11.9 Å². The Morgan fingerprint density at radius 3 is 3.08 bits per heavy atom. The summed E-state index contributed by atoms with van der Waals surface area (Å²) in [7, 11) is 0. The quantitative estimate of drug-likeness (QED) is 0.740. The molecule has 0 aliphatic carbocycles. The summed E-state index contributed by atoms with van der Waals surface area (Å²) >= 11 is 0. The van der Waals surface area contributed by atoms with Gasteiger partial charge in [-0.05, 0) is 18.6 Å². The zero-order chi connectivity index (χ0) is 9.52. The van der Waals surface area contributed by atoms with E-state index >= 15 is 0 Å². The van der Waals surface area contributed by atoms with E-state index in [-0.39, 0.29) is 6.03 Å². The van der Waals surface area contributed by atoms with E-state index in [0.717, 1.165) is 6.42 Å². The first-order valence-corrected chi connectivity index (χ1v) is 4.28. The number of nitrogens with zero attached hydrogens (tertiary/aromatic N) is 1. The van der Waals surface area contributed by atoms with E-state index in [4.69, 9.17) is 0 Å². The molecule has 1 aromatic rings. The van der Waals surface area contributed by atoms with Gasteiger partial charge in [-0.25, -0.2) is 4.79 Å². The number of rotatable bonds is 3. The van der Waals surface area contributed by atoms with Crippen LogP contribution in [0.2, 0.25) is 0 Å². The fourth-order valence-electron chi connectivity index (χ4n) is 0.851. The van der Waals surface area contributed by atoms with E-state index in [1.54, 1.807) is 24.5 Å². The second-order valence-electron chi connectivity index (χ2n) is 2.62. The Labute approximate surface area is 77.4 Å². The van der Waals surface area contributed by atoms with Crippen molar-refractivity contribution < 1.29 is 4.79 Å². The summed E-state index contributed by atoms with van der Waals surface area (Å²) in [6.07, 6.45) is 4.20. The molecule has 0 saturated heterocycles. The van der Waals surface area contributed by atoms with Gasteiger partial charge < -0.3 is 10.6 Å². The van der Waals surface area contributed by atoms with Crippen LogP contribution in [0.5, 0.6) is 0 Å². The fourth-order valence-corrected chi connectivity index (χ4v) is 0.851. The Morgan fingerprint density at radius 2 is 2.46 bits per heavy atom. The minimum atomic E-state index is -0.185. The largest absolute Gasteiger partial charge is 0.338 e. The molecule has 0 aliphatic heterocycles. The van der Waals surface area contributed by atoms with E-state index < -0.39 is 0 Å². The van der Waals surface area contributed by atoms with Crippen LogP contribution in [0.1, 0.15) is 13.3 Å². The van der Waals surface area contributed by atoms with Crippen molar-refractivity contribution in [3.8, 4) is 0 Å². The molecule has 2 amide bonds. The van der Waals surface area contributed by atoms with Crippen LogP contribution in [0, 0.1) is 0 Å². The number of pyridine rings is 1. The van der Waals surface area contributed by atoms with Crippen molar-refractivity contribution in [1.82, 2.24) is 10.3 Å². The molecule has 0 saturated carbocycles. The van der Waals surface area contributed by atoms with Gasteiger partial charge in [0, 0.05) is 12.7 Å². The van der Waals surface area contributed by atoms with Gasteiger partial charge >= 0.3 is 6.03 Å². The van der Waals surface area contributed by atoms with Crippen molar-refractivity contribution >= 4 is 11.7 Å². The number of nitrogens with one attached hydrogen (secondary N) is 2. The molecule has 4 nitrogen and oxygen atoms in total. The standard InChI is InChI=1S/C9H13N3O/c1-2-5-11-9(13)12-8-4-3-6-10-7-8/h3-4,6-7H,2,5H2,1H3,(H2,11,12,13). The molecule has 1 heterocycles. The molecular weight excluding hydrogens is 166 g/mol. The first kappa shape index (κ1) is 9.51. The van der Waals surface area contributed by atoms with E-state index in [9.17, 15) is 4.79 Å². The predicted octanol–water partition coefficient (Wildman–Crippen LogP) is 1.61. The van der Waals surface area contributed by atoms with E-state index in [1.165, 1.54) is 0 Å². The third-order valence-corrected chi connectivity index (χ3v) is 1.45. The van der Waals surface area contributed by atoms with Crippen molar-refractivity contribution in [1.29, 1.82) is 0 Å². The van der Waals surface area contributed by atoms with E-state index in [0.29, 0.717) is 12.2 Å². The number of carbonyl (C=O) groups excluding carboxylic acids is 1. The number of carbonyl (C=O) groups is 1. The van der Waals surface area contributed by atoms with Crippen LogP contribution in [0.25, 0.3) is 0 Å². The lowest BCUT2D eigenvalue weighted by molar-refractivity contribution is 0.252. The molecule has 0 spiro atoms. The molecule has 0 atom stereocenters. The molecule has 1 rings (SSSR count). The number of amides is 2. The Balaban J connectivity index is 2.37. The molecule has 0 fully saturated rings. The van der Waals surface area contributed by atoms with Crippen LogP contribution >= 0.6 is 0 Å². The fraction of sp³-hybridized carbons (Fsp3) is 0.333. The summed E-state index contributed by atoms with van der Waals surface area (Å²) < 4.78 is 0. The maximum absolute atomic E-state index is 11.1. The normalized spacial score (nSPS) is 9.31. The molecule has 0 unspecified atom stereocenters. The molecular formula is C9H13N3O. The molecule has 4 heteroatoms. The number of hydrogen-bond acceptors (Lipinski definition) is 2. The summed E-state index contributed by atoms with van der Waals surface area (Å²) in [4.78, 5) is 15.0. The Bertz CT molecular complexity index is 261. The van der Waals surface area contributed by atoms with E-state index in [2.05, 4.69) is 15.6 Å². The number of hydrogen-bond donors (Lipinski definition) is 2. The van der Waals surface area contributed by atoms with Crippen LogP contribution in [0.15, 0.2) is 24.5 Å². The highest BCUT2D eigenvalue weighted by molar-refractivity contribution is 5.88. The van der Waals surface area contributed by atoms with Crippen molar-refractivity contribution in [2.45, 2.75) is 13.3 Å². The van der Waals surface area contributed by atoms with Gasteiger partial charge in [0.15, 0.2) is 0 Å². The third kappa shape index (κ3) is 3.55. The monoisotopic (exact) mass is 179 g/mol. The van der Waals surface area contributed by atoms with Gasteiger partial charge in [-0.2, -0.15) is 0 Å². The van der Waals surface area contributed by atoms with Crippen LogP contribution < -0.4 is 10.6 Å². The highest BCUT2D eigenvalue weighted by Gasteiger charge is 1.98. The van der Waals surface area contributed by atoms with E-state index in [1.807, 2.05) is 6.92 Å². The zero-order valence-electron chi connectivity index (χ0n) is 7.58. The summed E-state index contributed by atoms with van der Waals surface area (Å²) in [5.41, 5.74) is 0.705. The average Bonchev–Trinajstić information content (AvgIpc) is 2.16. The number of anilines is 1. The van der Waals surface area contributed by atoms with Crippen molar-refractivity contribution in [3.05, 3.63) is 24.5 Å². The lowest BCUT2D eigenvalue weighted by atomic mass is 10.4. The Morgan fingerprint density at radius 1 is 1.62 bits per heavy atom. The van der Waals surface area contributed by atoms with Gasteiger partial charge in [-0.1, -0.05) is 6.92 Å². The number of aromatic nitrogens is 1. The van der Waals surface area contributed by atoms with Gasteiger partial charge in [-0.15, -0.1) is 0 Å². The van der Waals surface area contributed by atoms with Gasteiger partial charge in [0.25, 0.3) is 0 Å². The van der Waals surface area contributed by atoms with Crippen LogP contribution in [0.3, 0.4) is 0 Å². The SMILES string of the molecule is CCCNC(=O)Nc1cccnc1. The Kier molecular flexibility index (Phi) is 3.75. The molecule has 70 valence electrons. The van der Waals surface area contributed by atoms with Crippen molar-refractivity contribution in [3.63, 3.8) is 0 Å². The van der Waals surface area contributed by atoms with Gasteiger partial charge in [0.2, 0.25) is 0 Å². The average molecular weight is 179 g/mol. The number of urea groups is 1. The second kappa shape index (κ2) is 5.13.